The molecule has 0 spiro atoms. The van der Waals surface area contributed by atoms with Gasteiger partial charge >= 0.3 is 0 Å². The predicted molar refractivity (Wildman–Crippen MR) is 63.5 cm³/mol. The van der Waals surface area contributed by atoms with Crippen molar-refractivity contribution in [2.45, 2.75) is 6.29 Å². The van der Waals surface area contributed by atoms with E-state index in [2.05, 4.69) is 4.99 Å². The molecule has 0 heterocycles. The molecular weight excluding hydrogens is 222 g/mol. The van der Waals surface area contributed by atoms with Gasteiger partial charge in [0.1, 0.15) is 0 Å². The van der Waals surface area contributed by atoms with Crippen LogP contribution in [-0.2, 0) is 4.79 Å². The van der Waals surface area contributed by atoms with Crippen LogP contribution in [0, 0.1) is 0 Å². The molecule has 0 atom stereocenters. The summed E-state index contributed by atoms with van der Waals surface area (Å²) in [4.78, 5) is 14.4. The highest BCUT2D eigenvalue weighted by molar-refractivity contribution is 5.99. The number of rotatable bonds is 3. The van der Waals surface area contributed by atoms with E-state index in [9.17, 15) is 4.79 Å². The quantitative estimate of drug-likeness (QED) is 0.243. The molecule has 0 bridgehead atoms. The number of hydrogen-bond donors (Lipinski definition) is 4. The van der Waals surface area contributed by atoms with Crippen LogP contribution < -0.4 is 11.5 Å². The Hall–Kier alpha value is -2.18. The predicted octanol–water partition coefficient (Wildman–Crippen LogP) is -0.517. The van der Waals surface area contributed by atoms with Gasteiger partial charge in [0.25, 0.3) is 5.91 Å². The average Bonchev–Trinajstić information content (AvgIpc) is 2.26. The molecule has 1 rings (SSSR count). The van der Waals surface area contributed by atoms with Gasteiger partial charge in [0.15, 0.2) is 12.2 Å². The lowest BCUT2D eigenvalue weighted by molar-refractivity contribution is -0.113. The van der Waals surface area contributed by atoms with E-state index in [1.54, 1.807) is 12.1 Å². The van der Waals surface area contributed by atoms with Gasteiger partial charge in [-0.25, -0.2) is 0 Å². The SMILES string of the molecule is NC(N)=NC(=O)C=Cc1ccc(C(O)O)cc1. The van der Waals surface area contributed by atoms with Gasteiger partial charge in [-0.3, -0.25) is 4.79 Å². The van der Waals surface area contributed by atoms with Crippen LogP contribution in [0.4, 0.5) is 0 Å². The lowest BCUT2D eigenvalue weighted by atomic mass is 10.1. The largest absolute Gasteiger partial charge is 0.370 e. The summed E-state index contributed by atoms with van der Waals surface area (Å²) in [6.45, 7) is 0. The molecule has 0 saturated carbocycles. The summed E-state index contributed by atoms with van der Waals surface area (Å²) in [6.07, 6.45) is 1.23. The number of aliphatic hydroxyl groups excluding tert-OH is 1. The van der Waals surface area contributed by atoms with Gasteiger partial charge in [0.2, 0.25) is 0 Å². The first-order chi connectivity index (χ1) is 7.99. The first-order valence-electron chi connectivity index (χ1n) is 4.77. The molecule has 0 aliphatic carbocycles. The second kappa shape index (κ2) is 5.78. The van der Waals surface area contributed by atoms with Crippen LogP contribution in [0.15, 0.2) is 35.3 Å². The fourth-order valence-electron chi connectivity index (χ4n) is 1.11. The van der Waals surface area contributed by atoms with Gasteiger partial charge in [-0.1, -0.05) is 24.3 Å². The zero-order chi connectivity index (χ0) is 12.8. The lowest BCUT2D eigenvalue weighted by Crippen LogP contribution is -2.23. The van der Waals surface area contributed by atoms with Gasteiger partial charge in [-0.05, 0) is 11.6 Å². The number of hydrogen-bond acceptors (Lipinski definition) is 3. The molecule has 17 heavy (non-hydrogen) atoms. The fourth-order valence-corrected chi connectivity index (χ4v) is 1.11. The molecule has 0 aliphatic rings. The number of carbonyl (C=O) groups is 1. The minimum Gasteiger partial charge on any atom is -0.370 e. The summed E-state index contributed by atoms with van der Waals surface area (Å²) >= 11 is 0. The Balaban J connectivity index is 2.73. The monoisotopic (exact) mass is 235 g/mol. The molecule has 1 aromatic rings. The first-order valence-corrected chi connectivity index (χ1v) is 4.77. The van der Waals surface area contributed by atoms with E-state index < -0.39 is 12.2 Å². The molecule has 0 aliphatic heterocycles. The third-order valence-electron chi connectivity index (χ3n) is 1.89. The maximum absolute atomic E-state index is 11.1. The van der Waals surface area contributed by atoms with Crippen molar-refractivity contribution in [3.8, 4) is 0 Å². The van der Waals surface area contributed by atoms with Crippen LogP contribution in [0.1, 0.15) is 17.4 Å². The second-order valence-electron chi connectivity index (χ2n) is 3.25. The zero-order valence-corrected chi connectivity index (χ0v) is 8.95. The lowest BCUT2D eigenvalue weighted by Gasteiger charge is -2.02. The van der Waals surface area contributed by atoms with Crippen molar-refractivity contribution >= 4 is 17.9 Å². The van der Waals surface area contributed by atoms with E-state index in [1.807, 2.05) is 0 Å². The summed E-state index contributed by atoms with van der Waals surface area (Å²) in [7, 11) is 0. The van der Waals surface area contributed by atoms with Crippen LogP contribution in [0.5, 0.6) is 0 Å². The molecule has 1 aromatic carbocycles. The normalized spacial score (nSPS) is 10.8. The number of benzene rings is 1. The van der Waals surface area contributed by atoms with Crippen molar-refractivity contribution in [3.63, 3.8) is 0 Å². The smallest absolute Gasteiger partial charge is 0.272 e. The number of aliphatic hydroxyl groups is 2. The molecule has 0 radical (unpaired) electrons. The number of amides is 1. The highest BCUT2D eigenvalue weighted by atomic mass is 16.5. The molecule has 0 unspecified atom stereocenters. The van der Waals surface area contributed by atoms with E-state index in [4.69, 9.17) is 21.7 Å². The molecule has 6 heteroatoms. The third kappa shape index (κ3) is 4.45. The van der Waals surface area contributed by atoms with Crippen molar-refractivity contribution in [1.29, 1.82) is 0 Å². The van der Waals surface area contributed by atoms with Crippen LogP contribution in [0.25, 0.3) is 6.08 Å². The Labute approximate surface area is 97.9 Å². The molecule has 90 valence electrons. The van der Waals surface area contributed by atoms with Crippen molar-refractivity contribution in [3.05, 3.63) is 41.5 Å². The number of aliphatic imine (C=N–C) groups is 1. The Bertz CT molecular complexity index is 446. The number of nitrogens with zero attached hydrogens (tertiary/aromatic N) is 1. The Morgan fingerprint density at radius 2 is 1.82 bits per heavy atom. The van der Waals surface area contributed by atoms with Crippen LogP contribution in [0.2, 0.25) is 0 Å². The van der Waals surface area contributed by atoms with Gasteiger partial charge in [0.05, 0.1) is 0 Å². The maximum atomic E-state index is 11.1. The molecular formula is C11H13N3O3. The standard InChI is InChI=1S/C11H13N3O3/c12-11(13)14-9(15)6-3-7-1-4-8(5-2-7)10(16)17/h1-6,10,16-17H,(H4,12,13,14,15). The minimum absolute atomic E-state index is 0.293. The summed E-state index contributed by atoms with van der Waals surface area (Å²) in [5.74, 6) is -0.852. The summed E-state index contributed by atoms with van der Waals surface area (Å²) in [5, 5.41) is 17.7. The minimum atomic E-state index is -1.50. The molecule has 0 aromatic heterocycles. The van der Waals surface area contributed by atoms with Crippen molar-refractivity contribution in [2.24, 2.45) is 16.5 Å². The van der Waals surface area contributed by atoms with E-state index in [-0.39, 0.29) is 5.96 Å². The highest BCUT2D eigenvalue weighted by Crippen LogP contribution is 2.11. The van der Waals surface area contributed by atoms with Gasteiger partial charge in [-0.15, -0.1) is 0 Å². The van der Waals surface area contributed by atoms with Crippen LogP contribution in [0.3, 0.4) is 0 Å². The Kier molecular flexibility index (Phi) is 4.38. The molecule has 0 saturated heterocycles. The van der Waals surface area contributed by atoms with Crippen molar-refractivity contribution in [2.75, 3.05) is 0 Å². The Morgan fingerprint density at radius 1 is 1.24 bits per heavy atom. The van der Waals surface area contributed by atoms with E-state index in [0.717, 1.165) is 0 Å². The third-order valence-corrected chi connectivity index (χ3v) is 1.89. The van der Waals surface area contributed by atoms with Crippen molar-refractivity contribution < 1.29 is 15.0 Å². The van der Waals surface area contributed by atoms with Crippen molar-refractivity contribution in [1.82, 2.24) is 0 Å². The van der Waals surface area contributed by atoms with E-state index in [0.29, 0.717) is 11.1 Å². The highest BCUT2D eigenvalue weighted by Gasteiger charge is 2.00. The van der Waals surface area contributed by atoms with Crippen LogP contribution >= 0.6 is 0 Å². The number of nitrogens with two attached hydrogens (primary N) is 2. The molecule has 6 N–H and O–H groups in total. The van der Waals surface area contributed by atoms with Gasteiger partial charge in [0, 0.05) is 11.6 Å². The molecule has 0 fully saturated rings. The average molecular weight is 235 g/mol. The first kappa shape index (κ1) is 12.9. The van der Waals surface area contributed by atoms with E-state index >= 15 is 0 Å². The van der Waals surface area contributed by atoms with Crippen LogP contribution in [-0.4, -0.2) is 22.1 Å². The molecule has 1 amide bonds. The number of guanidine groups is 1. The summed E-state index contributed by atoms with van der Waals surface area (Å²) in [6, 6.07) is 6.34. The second-order valence-corrected chi connectivity index (χ2v) is 3.25. The van der Waals surface area contributed by atoms with E-state index in [1.165, 1.54) is 24.3 Å². The van der Waals surface area contributed by atoms with Gasteiger partial charge in [-0.2, -0.15) is 4.99 Å². The summed E-state index contributed by atoms with van der Waals surface area (Å²) in [5.41, 5.74) is 11.2. The fraction of sp³-hybridized carbons (Fsp3) is 0.0909. The topological polar surface area (TPSA) is 122 Å². The Morgan fingerprint density at radius 3 is 2.29 bits per heavy atom. The summed E-state index contributed by atoms with van der Waals surface area (Å²) < 4.78 is 0. The van der Waals surface area contributed by atoms with Gasteiger partial charge < -0.3 is 21.7 Å². The molecule has 6 nitrogen and oxygen atoms in total. The maximum Gasteiger partial charge on any atom is 0.272 e. The zero-order valence-electron chi connectivity index (χ0n) is 8.95. The number of carbonyl (C=O) groups excluding carboxylic acids is 1.